The van der Waals surface area contributed by atoms with E-state index < -0.39 is 23.5 Å². The first-order valence-corrected chi connectivity index (χ1v) is 4.89. The summed E-state index contributed by atoms with van der Waals surface area (Å²) in [5.74, 6) is -3.16. The van der Waals surface area contributed by atoms with Gasteiger partial charge in [-0.25, -0.2) is 0 Å². The van der Waals surface area contributed by atoms with Gasteiger partial charge in [0, 0.05) is 16.7 Å². The van der Waals surface area contributed by atoms with E-state index in [0.717, 1.165) is 0 Å². The minimum absolute atomic E-state index is 0.0212. The van der Waals surface area contributed by atoms with Crippen LogP contribution in [-0.4, -0.2) is 34.3 Å². The van der Waals surface area contributed by atoms with Gasteiger partial charge in [-0.3, -0.25) is 19.2 Å². The minimum atomic E-state index is -1.92. The maximum absolute atomic E-state index is 11.6. The van der Waals surface area contributed by atoms with Gasteiger partial charge in [0.05, 0.1) is 0 Å². The van der Waals surface area contributed by atoms with E-state index in [1.54, 1.807) is 0 Å². The molecule has 1 aromatic rings. The number of Topliss-reactive ketones (excluding diaryl/α,β-unsaturated/α-hetero) is 4. The van der Waals surface area contributed by atoms with Crippen molar-refractivity contribution in [2.75, 3.05) is 0 Å². The van der Waals surface area contributed by atoms with Crippen LogP contribution in [0.1, 0.15) is 38.0 Å². The molecule has 5 nitrogen and oxygen atoms in total. The summed E-state index contributed by atoms with van der Waals surface area (Å²) in [6, 6.07) is 3.87. The lowest BCUT2D eigenvalue weighted by molar-refractivity contribution is -0.120. The Morgan fingerprint density at radius 2 is 1.76 bits per heavy atom. The van der Waals surface area contributed by atoms with Crippen LogP contribution in [0.15, 0.2) is 18.2 Å². The third-order valence-electron chi connectivity index (χ3n) is 2.66. The molecule has 1 aliphatic carbocycles. The van der Waals surface area contributed by atoms with Gasteiger partial charge >= 0.3 is 0 Å². The first kappa shape index (κ1) is 11.3. The summed E-state index contributed by atoms with van der Waals surface area (Å²) in [7, 11) is 0. The van der Waals surface area contributed by atoms with Crippen LogP contribution < -0.4 is 0 Å². The molecule has 0 aromatic heterocycles. The van der Waals surface area contributed by atoms with E-state index in [1.807, 2.05) is 0 Å². The van der Waals surface area contributed by atoms with Gasteiger partial charge in [0.1, 0.15) is 0 Å². The molecular weight excluding hydrogens is 224 g/mol. The van der Waals surface area contributed by atoms with Crippen LogP contribution in [0.4, 0.5) is 0 Å². The minimum Gasteiger partial charge on any atom is -0.377 e. The highest BCUT2D eigenvalue weighted by atomic mass is 16.3. The Labute approximate surface area is 96.1 Å². The topological polar surface area (TPSA) is 88.5 Å². The van der Waals surface area contributed by atoms with Gasteiger partial charge in [0.25, 0.3) is 0 Å². The summed E-state index contributed by atoms with van der Waals surface area (Å²) in [5, 5.41) is 9.26. The molecule has 0 spiro atoms. The molecule has 5 heteroatoms. The number of aliphatic hydroxyl groups is 1. The van der Waals surface area contributed by atoms with Crippen LogP contribution in [0.25, 0.3) is 0 Å². The fraction of sp³-hybridized carbons (Fsp3) is 0.167. The fourth-order valence-corrected chi connectivity index (χ4v) is 1.69. The van der Waals surface area contributed by atoms with Crippen molar-refractivity contribution in [3.8, 4) is 0 Å². The zero-order valence-electron chi connectivity index (χ0n) is 8.89. The van der Waals surface area contributed by atoms with E-state index in [-0.39, 0.29) is 22.5 Å². The van der Waals surface area contributed by atoms with Gasteiger partial charge in [0.15, 0.2) is 17.7 Å². The van der Waals surface area contributed by atoms with Crippen LogP contribution >= 0.6 is 0 Å². The SMILES string of the molecule is CC(=O)c1ccc2c(c1)C(=O)C(=O)C(O)C2=O. The summed E-state index contributed by atoms with van der Waals surface area (Å²) >= 11 is 0. The van der Waals surface area contributed by atoms with E-state index in [4.69, 9.17) is 0 Å². The van der Waals surface area contributed by atoms with Crippen molar-refractivity contribution < 1.29 is 24.3 Å². The van der Waals surface area contributed by atoms with Crippen molar-refractivity contribution in [2.45, 2.75) is 13.0 Å². The van der Waals surface area contributed by atoms with E-state index >= 15 is 0 Å². The summed E-state index contributed by atoms with van der Waals surface area (Å²) < 4.78 is 0. The lowest BCUT2D eigenvalue weighted by atomic mass is 9.85. The zero-order chi connectivity index (χ0) is 12.7. The van der Waals surface area contributed by atoms with Crippen LogP contribution in [0.2, 0.25) is 0 Å². The predicted molar refractivity (Wildman–Crippen MR) is 56.1 cm³/mol. The molecule has 2 rings (SSSR count). The number of carbonyl (C=O) groups is 4. The molecule has 1 N–H and O–H groups in total. The standard InChI is InChI=1S/C12H8O5/c1-5(13)6-2-3-7-8(4-6)10(15)12(17)11(16)9(7)14/h2-4,11,16H,1H3. The quantitative estimate of drug-likeness (QED) is 0.424. The van der Waals surface area contributed by atoms with Gasteiger partial charge in [-0.05, 0) is 19.1 Å². The second-order valence-corrected chi connectivity index (χ2v) is 3.78. The largest absolute Gasteiger partial charge is 0.377 e. The Morgan fingerprint density at radius 1 is 1.12 bits per heavy atom. The maximum Gasteiger partial charge on any atom is 0.239 e. The van der Waals surface area contributed by atoms with Crippen molar-refractivity contribution >= 4 is 23.1 Å². The Hall–Kier alpha value is -2.14. The third kappa shape index (κ3) is 1.60. The first-order chi connectivity index (χ1) is 7.93. The van der Waals surface area contributed by atoms with E-state index in [1.165, 1.54) is 25.1 Å². The number of ketones is 4. The fourth-order valence-electron chi connectivity index (χ4n) is 1.69. The van der Waals surface area contributed by atoms with Gasteiger partial charge in [0.2, 0.25) is 11.6 Å². The van der Waals surface area contributed by atoms with E-state index in [0.29, 0.717) is 0 Å². The molecule has 17 heavy (non-hydrogen) atoms. The normalized spacial score (nSPS) is 19.2. The molecule has 0 radical (unpaired) electrons. The third-order valence-corrected chi connectivity index (χ3v) is 2.66. The smallest absolute Gasteiger partial charge is 0.239 e. The molecule has 0 amide bonds. The average molecular weight is 232 g/mol. The van der Waals surface area contributed by atoms with Crippen molar-refractivity contribution in [2.24, 2.45) is 0 Å². The highest BCUT2D eigenvalue weighted by molar-refractivity contribution is 6.53. The highest BCUT2D eigenvalue weighted by Gasteiger charge is 2.39. The van der Waals surface area contributed by atoms with Crippen LogP contribution in [-0.2, 0) is 4.79 Å². The van der Waals surface area contributed by atoms with Gasteiger partial charge in [-0.15, -0.1) is 0 Å². The lowest BCUT2D eigenvalue weighted by Gasteiger charge is -2.17. The first-order valence-electron chi connectivity index (χ1n) is 4.89. The van der Waals surface area contributed by atoms with Crippen molar-refractivity contribution in [1.29, 1.82) is 0 Å². The number of carbonyl (C=O) groups excluding carboxylic acids is 4. The molecule has 0 aliphatic heterocycles. The van der Waals surface area contributed by atoms with Gasteiger partial charge in [-0.1, -0.05) is 6.07 Å². The molecule has 1 unspecified atom stereocenters. The Balaban J connectivity index is 2.66. The number of benzene rings is 1. The predicted octanol–water partition coefficient (Wildman–Crippen LogP) is 0.198. The highest BCUT2D eigenvalue weighted by Crippen LogP contribution is 2.21. The van der Waals surface area contributed by atoms with Crippen molar-refractivity contribution in [3.05, 3.63) is 34.9 Å². The molecule has 0 bridgehead atoms. The molecule has 0 saturated carbocycles. The number of hydrogen-bond donors (Lipinski definition) is 1. The van der Waals surface area contributed by atoms with Crippen LogP contribution in [0.5, 0.6) is 0 Å². The Morgan fingerprint density at radius 3 is 2.35 bits per heavy atom. The van der Waals surface area contributed by atoms with Gasteiger partial charge in [-0.2, -0.15) is 0 Å². The molecule has 0 heterocycles. The Bertz CT molecular complexity index is 570. The van der Waals surface area contributed by atoms with Crippen molar-refractivity contribution in [1.82, 2.24) is 0 Å². The summed E-state index contributed by atoms with van der Waals surface area (Å²) in [5.41, 5.74) is 0.110. The molecule has 1 aromatic carbocycles. The number of aliphatic hydroxyl groups excluding tert-OH is 1. The number of hydrogen-bond acceptors (Lipinski definition) is 5. The monoisotopic (exact) mass is 232 g/mol. The zero-order valence-corrected chi connectivity index (χ0v) is 8.89. The molecule has 0 fully saturated rings. The summed E-state index contributed by atoms with van der Waals surface area (Å²) in [6.45, 7) is 1.31. The molecule has 1 atom stereocenters. The molecular formula is C12H8O5. The molecule has 86 valence electrons. The average Bonchev–Trinajstić information content (AvgIpc) is 2.32. The van der Waals surface area contributed by atoms with Crippen LogP contribution in [0.3, 0.4) is 0 Å². The second-order valence-electron chi connectivity index (χ2n) is 3.78. The summed E-state index contributed by atoms with van der Waals surface area (Å²) in [4.78, 5) is 45.5. The number of rotatable bonds is 1. The van der Waals surface area contributed by atoms with Gasteiger partial charge < -0.3 is 5.11 Å². The molecule has 1 aliphatic rings. The van der Waals surface area contributed by atoms with Crippen molar-refractivity contribution in [3.63, 3.8) is 0 Å². The number of fused-ring (bicyclic) bond motifs is 1. The molecule has 0 saturated heterocycles. The van der Waals surface area contributed by atoms with E-state index in [9.17, 15) is 24.3 Å². The maximum atomic E-state index is 11.6. The summed E-state index contributed by atoms with van der Waals surface area (Å²) in [6.07, 6.45) is -1.92. The van der Waals surface area contributed by atoms with E-state index in [2.05, 4.69) is 0 Å². The second kappa shape index (κ2) is 3.71. The van der Waals surface area contributed by atoms with Crippen LogP contribution in [0, 0.1) is 0 Å². The lowest BCUT2D eigenvalue weighted by Crippen LogP contribution is -2.41. The Kier molecular flexibility index (Phi) is 2.48.